The van der Waals surface area contributed by atoms with E-state index in [4.69, 9.17) is 5.11 Å². The van der Waals surface area contributed by atoms with Crippen molar-refractivity contribution in [2.75, 3.05) is 6.61 Å². The van der Waals surface area contributed by atoms with Crippen LogP contribution in [0, 0.1) is 5.92 Å². The van der Waals surface area contributed by atoms with Crippen molar-refractivity contribution in [3.63, 3.8) is 0 Å². The smallest absolute Gasteiger partial charge is 0.396 e. The Kier molecular flexibility index (Phi) is 4.50. The molecule has 0 saturated heterocycles. The van der Waals surface area contributed by atoms with Gasteiger partial charge in [0.2, 0.25) is 0 Å². The summed E-state index contributed by atoms with van der Waals surface area (Å²) >= 11 is 0. The van der Waals surface area contributed by atoms with E-state index >= 15 is 0 Å². The molecule has 1 aliphatic carbocycles. The monoisotopic (exact) mass is 322 g/mol. The van der Waals surface area contributed by atoms with Gasteiger partial charge in [-0.3, -0.25) is 4.79 Å². The van der Waals surface area contributed by atoms with Crippen LogP contribution in [0.3, 0.4) is 0 Å². The summed E-state index contributed by atoms with van der Waals surface area (Å²) in [6, 6.07) is -0.916. The van der Waals surface area contributed by atoms with Crippen LogP contribution in [0.2, 0.25) is 0 Å². The number of aliphatic hydroxyl groups is 3. The molecule has 1 amide bonds. The van der Waals surface area contributed by atoms with Gasteiger partial charge < -0.3 is 25.2 Å². The van der Waals surface area contributed by atoms with Gasteiger partial charge in [0.1, 0.15) is 6.10 Å². The van der Waals surface area contributed by atoms with Gasteiger partial charge in [-0.25, -0.2) is 0 Å². The highest BCUT2D eigenvalue weighted by Gasteiger charge is 2.43. The van der Waals surface area contributed by atoms with Crippen LogP contribution in [-0.2, 0) is 13.2 Å². The molecule has 22 heavy (non-hydrogen) atoms. The Balaban J connectivity index is 2.17. The highest BCUT2D eigenvalue weighted by molar-refractivity contribution is 5.96. The van der Waals surface area contributed by atoms with Gasteiger partial charge in [0, 0.05) is 32.0 Å². The molecule has 1 aromatic rings. The Morgan fingerprint density at radius 2 is 2.00 bits per heavy atom. The number of carbonyl (C=O) groups is 1. The maximum absolute atomic E-state index is 12.9. The molecule has 2 rings (SSSR count). The number of nitrogens with one attached hydrogen (secondary N) is 1. The van der Waals surface area contributed by atoms with Crippen molar-refractivity contribution in [3.8, 4) is 0 Å². The number of alkyl halides is 3. The molecule has 9 heteroatoms. The zero-order valence-corrected chi connectivity index (χ0v) is 11.7. The van der Waals surface area contributed by atoms with E-state index in [1.165, 1.54) is 7.05 Å². The SMILES string of the molecule is Cn1cc(C(=O)N[C@@H]2C[C@H](CO)[C@@H](O)[C@H]2O)c(C(F)(F)F)c1. The third-order valence-electron chi connectivity index (χ3n) is 3.86. The number of hydrogen-bond donors (Lipinski definition) is 4. The Morgan fingerprint density at radius 1 is 1.36 bits per heavy atom. The Morgan fingerprint density at radius 3 is 2.50 bits per heavy atom. The van der Waals surface area contributed by atoms with Crippen molar-refractivity contribution in [2.24, 2.45) is 13.0 Å². The summed E-state index contributed by atoms with van der Waals surface area (Å²) in [5, 5.41) is 30.8. The molecule has 4 atom stereocenters. The number of halogens is 3. The average molecular weight is 322 g/mol. The van der Waals surface area contributed by atoms with Crippen LogP contribution in [-0.4, -0.2) is 50.7 Å². The number of nitrogens with zero attached hydrogens (tertiary/aromatic N) is 1. The van der Waals surface area contributed by atoms with E-state index in [0.29, 0.717) is 0 Å². The largest absolute Gasteiger partial charge is 0.418 e. The molecule has 1 saturated carbocycles. The molecular weight excluding hydrogens is 305 g/mol. The van der Waals surface area contributed by atoms with E-state index in [1.54, 1.807) is 0 Å². The van der Waals surface area contributed by atoms with Crippen LogP contribution in [0.5, 0.6) is 0 Å². The highest BCUT2D eigenvalue weighted by atomic mass is 19.4. The van der Waals surface area contributed by atoms with Crippen molar-refractivity contribution in [1.82, 2.24) is 9.88 Å². The van der Waals surface area contributed by atoms with Crippen LogP contribution in [0.4, 0.5) is 13.2 Å². The number of hydrogen-bond acceptors (Lipinski definition) is 4. The third-order valence-corrected chi connectivity index (χ3v) is 3.86. The van der Waals surface area contributed by atoms with Gasteiger partial charge in [-0.15, -0.1) is 0 Å². The molecule has 1 aromatic heterocycles. The van der Waals surface area contributed by atoms with Gasteiger partial charge in [0.05, 0.1) is 23.3 Å². The lowest BCUT2D eigenvalue weighted by atomic mass is 10.1. The molecule has 1 aliphatic rings. The van der Waals surface area contributed by atoms with Gasteiger partial charge in [0.25, 0.3) is 5.91 Å². The summed E-state index contributed by atoms with van der Waals surface area (Å²) in [4.78, 5) is 12.0. The van der Waals surface area contributed by atoms with Gasteiger partial charge in [0.15, 0.2) is 0 Å². The fourth-order valence-corrected chi connectivity index (χ4v) is 2.69. The minimum atomic E-state index is -4.67. The number of amides is 1. The van der Waals surface area contributed by atoms with E-state index in [-0.39, 0.29) is 13.0 Å². The molecule has 0 unspecified atom stereocenters. The fraction of sp³-hybridized carbons (Fsp3) is 0.615. The molecule has 124 valence electrons. The second-order valence-electron chi connectivity index (χ2n) is 5.49. The van der Waals surface area contributed by atoms with Gasteiger partial charge in [-0.2, -0.15) is 13.2 Å². The molecular formula is C13H17F3N2O4. The summed E-state index contributed by atoms with van der Waals surface area (Å²) in [5.41, 5.74) is -1.62. The molecule has 1 heterocycles. The minimum Gasteiger partial charge on any atom is -0.396 e. The summed E-state index contributed by atoms with van der Waals surface area (Å²) in [6.45, 7) is -0.385. The van der Waals surface area contributed by atoms with Gasteiger partial charge in [-0.1, -0.05) is 0 Å². The summed E-state index contributed by atoms with van der Waals surface area (Å²) in [7, 11) is 1.36. The molecule has 1 fully saturated rings. The molecule has 0 radical (unpaired) electrons. The Bertz CT molecular complexity index is 558. The molecule has 4 N–H and O–H groups in total. The normalized spacial score (nSPS) is 28.9. The van der Waals surface area contributed by atoms with Gasteiger partial charge >= 0.3 is 6.18 Å². The predicted molar refractivity (Wildman–Crippen MR) is 68.9 cm³/mol. The highest BCUT2D eigenvalue weighted by Crippen LogP contribution is 2.33. The van der Waals surface area contributed by atoms with Crippen LogP contribution >= 0.6 is 0 Å². The second kappa shape index (κ2) is 5.90. The van der Waals surface area contributed by atoms with Crippen LogP contribution in [0.15, 0.2) is 12.4 Å². The topological polar surface area (TPSA) is 94.7 Å². The first-order chi connectivity index (χ1) is 10.1. The van der Waals surface area contributed by atoms with E-state index in [1.807, 2.05) is 0 Å². The maximum atomic E-state index is 12.9. The predicted octanol–water partition coefficient (Wildman–Crippen LogP) is -0.124. The lowest BCUT2D eigenvalue weighted by Crippen LogP contribution is -2.43. The summed E-state index contributed by atoms with van der Waals surface area (Å²) in [5.74, 6) is -1.61. The van der Waals surface area contributed by atoms with Crippen LogP contribution in [0.1, 0.15) is 22.3 Å². The average Bonchev–Trinajstić information content (AvgIpc) is 2.94. The Labute approximate surface area is 124 Å². The minimum absolute atomic E-state index is 0.0821. The van der Waals surface area contributed by atoms with E-state index < -0.39 is 47.4 Å². The van der Waals surface area contributed by atoms with Crippen molar-refractivity contribution >= 4 is 5.91 Å². The zero-order valence-electron chi connectivity index (χ0n) is 11.7. The van der Waals surface area contributed by atoms with E-state index in [9.17, 15) is 28.2 Å². The molecule has 6 nitrogen and oxygen atoms in total. The first kappa shape index (κ1) is 16.8. The fourth-order valence-electron chi connectivity index (χ4n) is 2.69. The van der Waals surface area contributed by atoms with E-state index in [0.717, 1.165) is 17.0 Å². The summed E-state index contributed by atoms with van der Waals surface area (Å²) in [6.07, 6.45) is -5.31. The summed E-state index contributed by atoms with van der Waals surface area (Å²) < 4.78 is 39.7. The first-order valence-corrected chi connectivity index (χ1v) is 6.66. The number of aliphatic hydroxyl groups excluding tert-OH is 3. The van der Waals surface area contributed by atoms with Crippen LogP contribution in [0.25, 0.3) is 0 Å². The standard InChI is InChI=1S/C13H17F3N2O4/c1-18-3-7(8(4-18)13(14,15)16)12(22)17-9-2-6(5-19)10(20)11(9)21/h3-4,6,9-11,19-21H,2,5H2,1H3,(H,17,22)/t6-,9-,10-,11+/m1/s1. The number of carbonyl (C=O) groups excluding carboxylic acids is 1. The van der Waals surface area contributed by atoms with Crippen molar-refractivity contribution in [2.45, 2.75) is 30.8 Å². The zero-order chi connectivity index (χ0) is 16.7. The second-order valence-corrected chi connectivity index (χ2v) is 5.49. The van der Waals surface area contributed by atoms with Crippen molar-refractivity contribution < 1.29 is 33.3 Å². The van der Waals surface area contributed by atoms with E-state index in [2.05, 4.69) is 5.32 Å². The van der Waals surface area contributed by atoms with Gasteiger partial charge in [-0.05, 0) is 6.42 Å². The van der Waals surface area contributed by atoms with Crippen LogP contribution < -0.4 is 5.32 Å². The third kappa shape index (κ3) is 3.11. The quantitative estimate of drug-likeness (QED) is 0.624. The number of aryl methyl sites for hydroxylation is 1. The maximum Gasteiger partial charge on any atom is 0.418 e. The Hall–Kier alpha value is -1.58. The molecule has 0 aliphatic heterocycles. The first-order valence-electron chi connectivity index (χ1n) is 6.66. The number of rotatable bonds is 3. The molecule has 0 spiro atoms. The molecule has 0 bridgehead atoms. The molecule has 0 aromatic carbocycles. The lowest BCUT2D eigenvalue weighted by molar-refractivity contribution is -0.137. The number of aromatic nitrogens is 1. The van der Waals surface area contributed by atoms with Crippen molar-refractivity contribution in [1.29, 1.82) is 0 Å². The lowest BCUT2D eigenvalue weighted by Gasteiger charge is -2.18. The van der Waals surface area contributed by atoms with Crippen molar-refractivity contribution in [3.05, 3.63) is 23.5 Å².